The molecule has 0 radical (unpaired) electrons. The van der Waals surface area contributed by atoms with E-state index in [-0.39, 0.29) is 18.6 Å². The summed E-state index contributed by atoms with van der Waals surface area (Å²) < 4.78 is 5.47. The molecule has 110 valence electrons. The number of ether oxygens (including phenoxy) is 1. The number of hydrogen-bond donors (Lipinski definition) is 1. The maximum atomic E-state index is 11.9. The molecule has 0 unspecified atom stereocenters. The average Bonchev–Trinajstić information content (AvgIpc) is 2.49. The van der Waals surface area contributed by atoms with Crippen LogP contribution in [0.5, 0.6) is 5.75 Å². The fourth-order valence-electron chi connectivity index (χ4n) is 1.96. The van der Waals surface area contributed by atoms with E-state index >= 15 is 0 Å². The van der Waals surface area contributed by atoms with Crippen LogP contribution in [0.15, 0.2) is 48.5 Å². The zero-order valence-corrected chi connectivity index (χ0v) is 12.9. The van der Waals surface area contributed by atoms with Crippen molar-refractivity contribution in [3.05, 3.63) is 64.7 Å². The summed E-state index contributed by atoms with van der Waals surface area (Å²) in [5.41, 5.74) is 1.99. The lowest BCUT2D eigenvalue weighted by Crippen LogP contribution is -2.31. The van der Waals surface area contributed by atoms with E-state index in [1.54, 1.807) is 12.1 Å². The zero-order valence-electron chi connectivity index (χ0n) is 12.1. The van der Waals surface area contributed by atoms with Gasteiger partial charge in [0.25, 0.3) is 5.91 Å². The molecule has 0 heterocycles. The smallest absolute Gasteiger partial charge is 0.258 e. The number of hydrogen-bond acceptors (Lipinski definition) is 2. The Hall–Kier alpha value is -2.00. The first-order valence-electron chi connectivity index (χ1n) is 6.79. The molecule has 0 aromatic heterocycles. The molecule has 2 rings (SSSR count). The molecule has 0 aliphatic rings. The summed E-state index contributed by atoms with van der Waals surface area (Å²) in [4.78, 5) is 11.9. The van der Waals surface area contributed by atoms with Crippen LogP contribution in [-0.2, 0) is 4.79 Å². The minimum Gasteiger partial charge on any atom is -0.484 e. The molecule has 0 aliphatic carbocycles. The van der Waals surface area contributed by atoms with Crippen molar-refractivity contribution in [2.45, 2.75) is 19.9 Å². The third-order valence-corrected chi connectivity index (χ3v) is 3.60. The van der Waals surface area contributed by atoms with Crippen molar-refractivity contribution < 1.29 is 9.53 Å². The van der Waals surface area contributed by atoms with Crippen molar-refractivity contribution in [3.8, 4) is 5.75 Å². The van der Waals surface area contributed by atoms with Crippen LogP contribution in [-0.4, -0.2) is 12.5 Å². The van der Waals surface area contributed by atoms with E-state index in [1.165, 1.54) is 0 Å². The van der Waals surface area contributed by atoms with Crippen LogP contribution in [0.25, 0.3) is 0 Å². The minimum absolute atomic E-state index is 0.0156. The summed E-state index contributed by atoms with van der Waals surface area (Å²) in [5, 5.41) is 3.59. The van der Waals surface area contributed by atoms with Gasteiger partial charge in [0, 0.05) is 5.02 Å². The van der Waals surface area contributed by atoms with Gasteiger partial charge < -0.3 is 10.1 Å². The van der Waals surface area contributed by atoms with Gasteiger partial charge in [0.2, 0.25) is 0 Å². The Labute approximate surface area is 129 Å². The first kappa shape index (κ1) is 15.4. The largest absolute Gasteiger partial charge is 0.484 e. The SMILES string of the molecule is Cc1cc(OCC(=O)N[C@H](C)c2ccccc2)ccc1Cl. The molecule has 0 saturated heterocycles. The minimum atomic E-state index is -0.154. The topological polar surface area (TPSA) is 38.3 Å². The Morgan fingerprint density at radius 1 is 1.24 bits per heavy atom. The quantitative estimate of drug-likeness (QED) is 0.909. The summed E-state index contributed by atoms with van der Waals surface area (Å²) in [5.74, 6) is 0.485. The van der Waals surface area contributed by atoms with E-state index in [9.17, 15) is 4.79 Å². The second-order valence-electron chi connectivity index (χ2n) is 4.90. The van der Waals surface area contributed by atoms with Crippen molar-refractivity contribution in [1.82, 2.24) is 5.32 Å². The third kappa shape index (κ3) is 4.50. The first-order chi connectivity index (χ1) is 10.1. The maximum absolute atomic E-state index is 11.9. The highest BCUT2D eigenvalue weighted by atomic mass is 35.5. The Morgan fingerprint density at radius 2 is 1.95 bits per heavy atom. The predicted molar refractivity (Wildman–Crippen MR) is 84.7 cm³/mol. The highest BCUT2D eigenvalue weighted by molar-refractivity contribution is 6.31. The number of nitrogens with one attached hydrogen (secondary N) is 1. The van der Waals surface area contributed by atoms with Gasteiger partial charge in [-0.05, 0) is 43.2 Å². The number of carbonyl (C=O) groups excluding carboxylic acids is 1. The molecule has 1 atom stereocenters. The lowest BCUT2D eigenvalue weighted by molar-refractivity contribution is -0.123. The number of amides is 1. The van der Waals surface area contributed by atoms with Crippen molar-refractivity contribution in [2.24, 2.45) is 0 Å². The van der Waals surface area contributed by atoms with Crippen LogP contribution in [0.2, 0.25) is 5.02 Å². The zero-order chi connectivity index (χ0) is 15.2. The molecule has 2 aromatic rings. The molecule has 2 aromatic carbocycles. The standard InChI is InChI=1S/C17H18ClNO2/c1-12-10-15(8-9-16(12)18)21-11-17(20)19-13(2)14-6-4-3-5-7-14/h3-10,13H,11H2,1-2H3,(H,19,20)/t13-/m1/s1. The summed E-state index contributed by atoms with van der Waals surface area (Å²) in [7, 11) is 0. The van der Waals surface area contributed by atoms with E-state index in [0.29, 0.717) is 10.8 Å². The number of benzene rings is 2. The molecule has 3 nitrogen and oxygen atoms in total. The second kappa shape index (κ2) is 7.14. The van der Waals surface area contributed by atoms with Gasteiger partial charge in [-0.15, -0.1) is 0 Å². The fraction of sp³-hybridized carbons (Fsp3) is 0.235. The third-order valence-electron chi connectivity index (χ3n) is 3.18. The van der Waals surface area contributed by atoms with E-state index in [2.05, 4.69) is 5.32 Å². The van der Waals surface area contributed by atoms with Gasteiger partial charge in [-0.1, -0.05) is 41.9 Å². The Balaban J connectivity index is 1.86. The number of carbonyl (C=O) groups is 1. The van der Waals surface area contributed by atoms with Crippen LogP contribution in [0.1, 0.15) is 24.1 Å². The second-order valence-corrected chi connectivity index (χ2v) is 5.31. The first-order valence-corrected chi connectivity index (χ1v) is 7.17. The van der Waals surface area contributed by atoms with Crippen molar-refractivity contribution in [3.63, 3.8) is 0 Å². The molecular formula is C17H18ClNO2. The summed E-state index contributed by atoms with van der Waals surface area (Å²) >= 11 is 5.95. The molecule has 0 bridgehead atoms. The van der Waals surface area contributed by atoms with Gasteiger partial charge in [-0.25, -0.2) is 0 Å². The van der Waals surface area contributed by atoms with Crippen LogP contribution in [0.4, 0.5) is 0 Å². The fourth-order valence-corrected chi connectivity index (χ4v) is 2.08. The number of halogens is 1. The molecule has 0 spiro atoms. The maximum Gasteiger partial charge on any atom is 0.258 e. The molecule has 4 heteroatoms. The van der Waals surface area contributed by atoms with E-state index in [4.69, 9.17) is 16.3 Å². The molecule has 1 amide bonds. The Kier molecular flexibility index (Phi) is 5.23. The highest BCUT2D eigenvalue weighted by Gasteiger charge is 2.10. The Morgan fingerprint density at radius 3 is 2.62 bits per heavy atom. The van der Waals surface area contributed by atoms with Crippen LogP contribution >= 0.6 is 11.6 Å². The molecule has 0 saturated carbocycles. The van der Waals surface area contributed by atoms with Gasteiger partial charge in [0.15, 0.2) is 6.61 Å². The van der Waals surface area contributed by atoms with E-state index in [1.807, 2.05) is 50.2 Å². The van der Waals surface area contributed by atoms with Crippen molar-refractivity contribution >= 4 is 17.5 Å². The van der Waals surface area contributed by atoms with Gasteiger partial charge in [-0.3, -0.25) is 4.79 Å². The van der Waals surface area contributed by atoms with E-state index in [0.717, 1.165) is 11.1 Å². The Bertz CT molecular complexity index is 613. The van der Waals surface area contributed by atoms with Gasteiger partial charge in [-0.2, -0.15) is 0 Å². The van der Waals surface area contributed by atoms with Crippen LogP contribution < -0.4 is 10.1 Å². The lowest BCUT2D eigenvalue weighted by atomic mass is 10.1. The van der Waals surface area contributed by atoms with Gasteiger partial charge in [0.1, 0.15) is 5.75 Å². The van der Waals surface area contributed by atoms with Gasteiger partial charge in [0.05, 0.1) is 6.04 Å². The number of aryl methyl sites for hydroxylation is 1. The molecule has 0 aliphatic heterocycles. The van der Waals surface area contributed by atoms with E-state index < -0.39 is 0 Å². The summed E-state index contributed by atoms with van der Waals surface area (Å²) in [6, 6.07) is 15.1. The van der Waals surface area contributed by atoms with Gasteiger partial charge >= 0.3 is 0 Å². The normalized spacial score (nSPS) is 11.8. The molecular weight excluding hydrogens is 286 g/mol. The monoisotopic (exact) mass is 303 g/mol. The molecule has 1 N–H and O–H groups in total. The molecule has 21 heavy (non-hydrogen) atoms. The number of rotatable bonds is 5. The summed E-state index contributed by atoms with van der Waals surface area (Å²) in [6.45, 7) is 3.82. The predicted octanol–water partition coefficient (Wildman–Crippen LogP) is 3.90. The summed E-state index contributed by atoms with van der Waals surface area (Å²) in [6.07, 6.45) is 0. The van der Waals surface area contributed by atoms with Crippen LogP contribution in [0.3, 0.4) is 0 Å². The highest BCUT2D eigenvalue weighted by Crippen LogP contribution is 2.21. The van der Waals surface area contributed by atoms with Crippen LogP contribution in [0, 0.1) is 6.92 Å². The van der Waals surface area contributed by atoms with Crippen molar-refractivity contribution in [1.29, 1.82) is 0 Å². The average molecular weight is 304 g/mol. The van der Waals surface area contributed by atoms with Crippen molar-refractivity contribution in [2.75, 3.05) is 6.61 Å². The molecule has 0 fully saturated rings. The lowest BCUT2D eigenvalue weighted by Gasteiger charge is -2.14.